The van der Waals surface area contributed by atoms with Gasteiger partial charge in [0.05, 0.1) is 23.4 Å². The van der Waals surface area contributed by atoms with Gasteiger partial charge in [-0.3, -0.25) is 4.79 Å². The van der Waals surface area contributed by atoms with Gasteiger partial charge in [0, 0.05) is 11.1 Å². The molecule has 0 heterocycles. The monoisotopic (exact) mass is 560 g/mol. The van der Waals surface area contributed by atoms with Crippen molar-refractivity contribution in [3.63, 3.8) is 0 Å². The molecular formula is C27H29IO5. The van der Waals surface area contributed by atoms with Gasteiger partial charge in [-0.05, 0) is 109 Å². The molecule has 6 rings (SSSR count). The zero-order valence-corrected chi connectivity index (χ0v) is 21.2. The zero-order valence-electron chi connectivity index (χ0n) is 19.1. The molecule has 0 N–H and O–H groups in total. The number of esters is 1. The highest BCUT2D eigenvalue weighted by Crippen LogP contribution is 2.61. The average Bonchev–Trinajstić information content (AvgIpc) is 2.81. The number of hydrogen-bond donors (Lipinski definition) is 0. The maximum absolute atomic E-state index is 13.0. The molecule has 0 aliphatic heterocycles. The second-order valence-electron chi connectivity index (χ2n) is 9.96. The van der Waals surface area contributed by atoms with Gasteiger partial charge in [0.2, 0.25) is 0 Å². The summed E-state index contributed by atoms with van der Waals surface area (Å²) in [6.07, 6.45) is 7.94. The maximum Gasteiger partial charge on any atom is 0.337 e. The number of ketones is 1. The summed E-state index contributed by atoms with van der Waals surface area (Å²) in [6, 6.07) is 11.0. The topological polar surface area (TPSA) is 61.8 Å². The number of methoxy groups -OCH3 is 2. The van der Waals surface area contributed by atoms with Crippen molar-refractivity contribution in [2.24, 2.45) is 17.8 Å². The van der Waals surface area contributed by atoms with Gasteiger partial charge in [-0.1, -0.05) is 12.1 Å². The first-order chi connectivity index (χ1) is 15.9. The standard InChI is InChI=1S/C27H29IO5/c1-31-24-10-19(23(29)15-33-25-11-20(26(30)32-2)4-6-22(25)28)3-5-21(24)27-12-16-7-17(13-27)9-18(8-16)14-27/h3-6,10-11,16-18H,7-9,12-15H2,1-2H3. The van der Waals surface area contributed by atoms with Crippen molar-refractivity contribution < 1.29 is 23.8 Å². The number of hydrogen-bond acceptors (Lipinski definition) is 5. The molecule has 0 radical (unpaired) electrons. The summed E-state index contributed by atoms with van der Waals surface area (Å²) in [7, 11) is 3.04. The smallest absolute Gasteiger partial charge is 0.337 e. The van der Waals surface area contributed by atoms with Crippen molar-refractivity contribution in [3.8, 4) is 11.5 Å². The lowest BCUT2D eigenvalue weighted by Gasteiger charge is -2.57. The molecule has 0 atom stereocenters. The maximum atomic E-state index is 13.0. The van der Waals surface area contributed by atoms with Crippen molar-refractivity contribution in [1.29, 1.82) is 0 Å². The third kappa shape index (κ3) is 4.27. The zero-order chi connectivity index (χ0) is 23.2. The van der Waals surface area contributed by atoms with Gasteiger partial charge in [0.25, 0.3) is 0 Å². The molecule has 4 aliphatic rings. The number of halogens is 1. The van der Waals surface area contributed by atoms with Gasteiger partial charge in [-0.25, -0.2) is 4.79 Å². The average molecular weight is 560 g/mol. The highest BCUT2D eigenvalue weighted by molar-refractivity contribution is 14.1. The van der Waals surface area contributed by atoms with Crippen molar-refractivity contribution in [3.05, 3.63) is 56.7 Å². The van der Waals surface area contributed by atoms with Crippen LogP contribution in [-0.4, -0.2) is 32.6 Å². The molecule has 4 aliphatic carbocycles. The van der Waals surface area contributed by atoms with Crippen LogP contribution in [-0.2, 0) is 10.2 Å². The molecule has 2 aromatic rings. The Kier molecular flexibility index (Phi) is 6.14. The molecule has 2 aromatic carbocycles. The Morgan fingerprint density at radius 3 is 2.12 bits per heavy atom. The fourth-order valence-corrected chi connectivity index (χ4v) is 7.32. The number of benzene rings is 2. The Bertz CT molecular complexity index is 1060. The summed E-state index contributed by atoms with van der Waals surface area (Å²) in [5.41, 5.74) is 2.46. The summed E-state index contributed by atoms with van der Waals surface area (Å²) in [5.74, 6) is 3.29. The summed E-state index contributed by atoms with van der Waals surface area (Å²) in [5, 5.41) is 0. The first-order valence-corrected chi connectivity index (χ1v) is 12.7. The van der Waals surface area contributed by atoms with Crippen molar-refractivity contribution in [1.82, 2.24) is 0 Å². The molecule has 0 unspecified atom stereocenters. The van der Waals surface area contributed by atoms with E-state index in [-0.39, 0.29) is 17.8 Å². The molecule has 0 aromatic heterocycles. The fraction of sp³-hybridized carbons (Fsp3) is 0.481. The van der Waals surface area contributed by atoms with E-state index in [1.165, 1.54) is 51.2 Å². The van der Waals surface area contributed by atoms with Gasteiger partial charge < -0.3 is 14.2 Å². The molecule has 5 nitrogen and oxygen atoms in total. The van der Waals surface area contributed by atoms with E-state index in [1.807, 2.05) is 12.1 Å². The van der Waals surface area contributed by atoms with E-state index in [0.29, 0.717) is 16.9 Å². The molecule has 6 heteroatoms. The van der Waals surface area contributed by atoms with Crippen LogP contribution in [0, 0.1) is 21.3 Å². The van der Waals surface area contributed by atoms with Gasteiger partial charge in [0.1, 0.15) is 11.5 Å². The second kappa shape index (κ2) is 8.93. The number of rotatable bonds is 7. The van der Waals surface area contributed by atoms with Crippen LogP contribution in [0.1, 0.15) is 64.8 Å². The molecule has 4 fully saturated rings. The van der Waals surface area contributed by atoms with Crippen LogP contribution < -0.4 is 9.47 Å². The first kappa shape index (κ1) is 22.7. The van der Waals surface area contributed by atoms with E-state index in [9.17, 15) is 9.59 Å². The summed E-state index contributed by atoms with van der Waals surface area (Å²) >= 11 is 2.12. The number of carbonyl (C=O) groups is 2. The third-order valence-electron chi connectivity index (χ3n) is 7.84. The highest BCUT2D eigenvalue weighted by atomic mass is 127. The van der Waals surface area contributed by atoms with E-state index in [0.717, 1.165) is 27.1 Å². The van der Waals surface area contributed by atoms with Gasteiger partial charge in [0.15, 0.2) is 12.4 Å². The van der Waals surface area contributed by atoms with Crippen LogP contribution in [0.2, 0.25) is 0 Å². The number of carbonyl (C=O) groups excluding carboxylic acids is 2. The van der Waals surface area contributed by atoms with E-state index in [1.54, 1.807) is 25.3 Å². The summed E-state index contributed by atoms with van der Waals surface area (Å²) in [6.45, 7) is -0.111. The normalized spacial score (nSPS) is 27.3. The highest BCUT2D eigenvalue weighted by Gasteiger charge is 2.52. The molecule has 174 valence electrons. The van der Waals surface area contributed by atoms with Crippen molar-refractivity contribution in [2.45, 2.75) is 43.9 Å². The van der Waals surface area contributed by atoms with Crippen molar-refractivity contribution >= 4 is 34.3 Å². The van der Waals surface area contributed by atoms with Gasteiger partial charge >= 0.3 is 5.97 Å². The van der Waals surface area contributed by atoms with Crippen LogP contribution in [0.25, 0.3) is 0 Å². The Labute approximate surface area is 208 Å². The lowest BCUT2D eigenvalue weighted by molar-refractivity contribution is -0.00617. The number of ether oxygens (including phenoxy) is 3. The fourth-order valence-electron chi connectivity index (χ4n) is 6.83. The van der Waals surface area contributed by atoms with Crippen LogP contribution in [0.15, 0.2) is 36.4 Å². The van der Waals surface area contributed by atoms with E-state index in [4.69, 9.17) is 14.2 Å². The molecule has 4 bridgehead atoms. The Hall–Kier alpha value is -2.09. The predicted molar refractivity (Wildman–Crippen MR) is 133 cm³/mol. The molecule has 0 amide bonds. The largest absolute Gasteiger partial charge is 0.496 e. The quantitative estimate of drug-likeness (QED) is 0.243. The predicted octanol–water partition coefficient (Wildman–Crippen LogP) is 5.82. The van der Waals surface area contributed by atoms with Crippen molar-refractivity contribution in [2.75, 3.05) is 20.8 Å². The minimum absolute atomic E-state index is 0.111. The molecule has 0 saturated heterocycles. The lowest BCUT2D eigenvalue weighted by Crippen LogP contribution is -2.48. The minimum atomic E-state index is -0.437. The lowest BCUT2D eigenvalue weighted by atomic mass is 9.48. The van der Waals surface area contributed by atoms with E-state index >= 15 is 0 Å². The van der Waals surface area contributed by atoms with Crippen LogP contribution in [0.3, 0.4) is 0 Å². The first-order valence-electron chi connectivity index (χ1n) is 11.6. The van der Waals surface area contributed by atoms with E-state index < -0.39 is 5.97 Å². The Morgan fingerprint density at radius 1 is 0.909 bits per heavy atom. The minimum Gasteiger partial charge on any atom is -0.496 e. The van der Waals surface area contributed by atoms with Gasteiger partial charge in [-0.15, -0.1) is 0 Å². The Balaban J connectivity index is 1.34. The van der Waals surface area contributed by atoms with E-state index in [2.05, 4.69) is 28.7 Å². The summed E-state index contributed by atoms with van der Waals surface area (Å²) in [4.78, 5) is 24.8. The van der Waals surface area contributed by atoms with Gasteiger partial charge in [-0.2, -0.15) is 0 Å². The SMILES string of the molecule is COC(=O)c1ccc(I)c(OCC(=O)c2ccc(C34CC5CC(CC(C5)C3)C4)c(OC)c2)c1. The molecular weight excluding hydrogens is 531 g/mol. The van der Waals surface area contributed by atoms with Crippen LogP contribution in [0.5, 0.6) is 11.5 Å². The van der Waals surface area contributed by atoms with Crippen LogP contribution >= 0.6 is 22.6 Å². The second-order valence-corrected chi connectivity index (χ2v) is 11.1. The Morgan fingerprint density at radius 2 is 1.52 bits per heavy atom. The number of Topliss-reactive ketones (excluding diaryl/α,β-unsaturated/α-hetero) is 1. The third-order valence-corrected chi connectivity index (χ3v) is 8.74. The molecule has 0 spiro atoms. The molecule has 33 heavy (non-hydrogen) atoms. The summed E-state index contributed by atoms with van der Waals surface area (Å²) < 4.78 is 17.2. The molecule has 4 saturated carbocycles. The van der Waals surface area contributed by atoms with Crippen LogP contribution in [0.4, 0.5) is 0 Å².